The highest BCUT2D eigenvalue weighted by Crippen LogP contribution is 2.31. The van der Waals surface area contributed by atoms with Crippen molar-refractivity contribution in [3.63, 3.8) is 0 Å². The van der Waals surface area contributed by atoms with Crippen LogP contribution in [0.2, 0.25) is 0 Å². The third-order valence-electron chi connectivity index (χ3n) is 6.97. The number of aliphatic hydroxyl groups is 1. The maximum absolute atomic E-state index is 13.9. The number of rotatable bonds is 5. The van der Waals surface area contributed by atoms with E-state index in [4.69, 9.17) is 4.74 Å². The van der Waals surface area contributed by atoms with Gasteiger partial charge in [0, 0.05) is 37.3 Å². The SMILES string of the molecule is C[C@@H]1CN([C@H](C)CO)C(=O)c2ccccc2-c2ccccc2CO[C@H]1CN(C)C(=O)Nc1cccc(F)c1. The van der Waals surface area contributed by atoms with Crippen molar-refractivity contribution in [3.05, 3.63) is 89.7 Å². The number of hydrogen-bond donors (Lipinski definition) is 2. The number of carbonyl (C=O) groups is 2. The summed E-state index contributed by atoms with van der Waals surface area (Å²) in [6.45, 7) is 4.47. The lowest BCUT2D eigenvalue weighted by Gasteiger charge is -2.35. The average molecular weight is 520 g/mol. The summed E-state index contributed by atoms with van der Waals surface area (Å²) in [7, 11) is 1.65. The van der Waals surface area contributed by atoms with Crippen LogP contribution in [0.4, 0.5) is 14.9 Å². The highest BCUT2D eigenvalue weighted by atomic mass is 19.1. The van der Waals surface area contributed by atoms with E-state index in [1.54, 1.807) is 18.0 Å². The van der Waals surface area contributed by atoms with Crippen molar-refractivity contribution in [2.75, 3.05) is 32.1 Å². The van der Waals surface area contributed by atoms with Crippen LogP contribution in [-0.4, -0.2) is 65.7 Å². The Morgan fingerprint density at radius 1 is 1.11 bits per heavy atom. The smallest absolute Gasteiger partial charge is 0.321 e. The number of nitrogens with zero attached hydrogens (tertiary/aromatic N) is 2. The van der Waals surface area contributed by atoms with Crippen molar-refractivity contribution >= 4 is 17.6 Å². The average Bonchev–Trinajstić information content (AvgIpc) is 2.94. The van der Waals surface area contributed by atoms with E-state index >= 15 is 0 Å². The number of anilines is 1. The molecular formula is C30H34FN3O4. The fourth-order valence-electron chi connectivity index (χ4n) is 4.69. The number of nitrogens with one attached hydrogen (secondary N) is 1. The summed E-state index contributed by atoms with van der Waals surface area (Å²) in [6.07, 6.45) is -0.422. The first-order chi connectivity index (χ1) is 18.3. The van der Waals surface area contributed by atoms with Crippen LogP contribution in [0, 0.1) is 11.7 Å². The second-order valence-corrected chi connectivity index (χ2v) is 9.84. The minimum absolute atomic E-state index is 0.165. The molecule has 0 aliphatic carbocycles. The van der Waals surface area contributed by atoms with Gasteiger partial charge in [0.2, 0.25) is 0 Å². The van der Waals surface area contributed by atoms with E-state index in [0.29, 0.717) is 24.4 Å². The first-order valence-corrected chi connectivity index (χ1v) is 12.8. The van der Waals surface area contributed by atoms with Crippen molar-refractivity contribution in [2.45, 2.75) is 32.6 Å². The van der Waals surface area contributed by atoms with Gasteiger partial charge in [0.15, 0.2) is 0 Å². The van der Waals surface area contributed by atoms with Gasteiger partial charge in [-0.25, -0.2) is 9.18 Å². The Bertz CT molecular complexity index is 1280. The standard InChI is InChI=1S/C30H34FN3O4/c1-20-16-34(21(2)18-35)29(36)27-14-7-6-13-26(27)25-12-5-4-9-22(25)19-38-28(20)17-33(3)30(37)32-24-11-8-10-23(31)15-24/h4-15,20-21,28,35H,16-19H2,1-3H3,(H,32,37)/t20-,21-,28+/m1/s1. The first-order valence-electron chi connectivity index (χ1n) is 12.8. The molecule has 3 amide bonds. The van der Waals surface area contributed by atoms with Crippen molar-refractivity contribution in [3.8, 4) is 11.1 Å². The Morgan fingerprint density at radius 3 is 2.50 bits per heavy atom. The number of ether oxygens (including phenoxy) is 1. The van der Waals surface area contributed by atoms with Gasteiger partial charge in [-0.2, -0.15) is 0 Å². The van der Waals surface area contributed by atoms with Crippen LogP contribution >= 0.6 is 0 Å². The molecule has 0 spiro atoms. The van der Waals surface area contributed by atoms with E-state index < -0.39 is 24.0 Å². The second kappa shape index (κ2) is 12.2. The molecule has 7 nitrogen and oxygen atoms in total. The van der Waals surface area contributed by atoms with Gasteiger partial charge in [-0.1, -0.05) is 55.5 Å². The predicted octanol–water partition coefficient (Wildman–Crippen LogP) is 5.01. The Morgan fingerprint density at radius 2 is 1.79 bits per heavy atom. The summed E-state index contributed by atoms with van der Waals surface area (Å²) in [5, 5.41) is 12.7. The molecule has 1 aliphatic heterocycles. The van der Waals surface area contributed by atoms with E-state index in [1.807, 2.05) is 62.4 Å². The minimum Gasteiger partial charge on any atom is -0.394 e. The van der Waals surface area contributed by atoms with Crippen LogP contribution in [0.25, 0.3) is 11.1 Å². The van der Waals surface area contributed by atoms with Gasteiger partial charge in [0.1, 0.15) is 5.82 Å². The number of likely N-dealkylation sites (N-methyl/N-ethyl adjacent to an activating group) is 1. The van der Waals surface area contributed by atoms with Crippen molar-refractivity contribution in [2.24, 2.45) is 5.92 Å². The molecule has 38 heavy (non-hydrogen) atoms. The van der Waals surface area contributed by atoms with Gasteiger partial charge in [-0.05, 0) is 47.9 Å². The highest BCUT2D eigenvalue weighted by molar-refractivity contribution is 6.01. The molecule has 1 heterocycles. The summed E-state index contributed by atoms with van der Waals surface area (Å²) >= 11 is 0. The quantitative estimate of drug-likeness (QED) is 0.496. The van der Waals surface area contributed by atoms with E-state index in [0.717, 1.165) is 16.7 Å². The number of carbonyl (C=O) groups excluding carboxylic acids is 2. The van der Waals surface area contributed by atoms with Gasteiger partial charge >= 0.3 is 6.03 Å². The molecule has 0 saturated heterocycles. The van der Waals surface area contributed by atoms with Crippen LogP contribution in [0.5, 0.6) is 0 Å². The van der Waals surface area contributed by atoms with E-state index in [1.165, 1.54) is 23.1 Å². The van der Waals surface area contributed by atoms with E-state index in [2.05, 4.69) is 5.32 Å². The lowest BCUT2D eigenvalue weighted by molar-refractivity contribution is -0.0178. The zero-order chi connectivity index (χ0) is 27.2. The second-order valence-electron chi connectivity index (χ2n) is 9.84. The Labute approximate surface area is 222 Å². The zero-order valence-corrected chi connectivity index (χ0v) is 21.9. The molecule has 2 N–H and O–H groups in total. The Hall–Kier alpha value is -3.75. The predicted molar refractivity (Wildman–Crippen MR) is 145 cm³/mol. The molecule has 0 fully saturated rings. The monoisotopic (exact) mass is 519 g/mol. The molecule has 8 heteroatoms. The zero-order valence-electron chi connectivity index (χ0n) is 21.9. The van der Waals surface area contributed by atoms with Gasteiger partial charge in [0.25, 0.3) is 5.91 Å². The summed E-state index contributed by atoms with van der Waals surface area (Å²) in [6, 6.07) is 20.2. The Balaban J connectivity index is 1.65. The van der Waals surface area contributed by atoms with Crippen molar-refractivity contribution in [1.82, 2.24) is 9.80 Å². The number of halogens is 1. The molecule has 0 radical (unpaired) electrons. The molecule has 4 rings (SSSR count). The molecule has 0 aromatic heterocycles. The van der Waals surface area contributed by atoms with E-state index in [-0.39, 0.29) is 25.0 Å². The number of amides is 3. The van der Waals surface area contributed by atoms with E-state index in [9.17, 15) is 19.1 Å². The molecule has 3 atom stereocenters. The van der Waals surface area contributed by atoms with Gasteiger partial charge in [-0.3, -0.25) is 4.79 Å². The topological polar surface area (TPSA) is 82.1 Å². The van der Waals surface area contributed by atoms with Gasteiger partial charge in [0.05, 0.1) is 25.4 Å². The van der Waals surface area contributed by atoms with Crippen molar-refractivity contribution < 1.29 is 23.8 Å². The van der Waals surface area contributed by atoms with Crippen LogP contribution in [-0.2, 0) is 11.3 Å². The number of fused-ring (bicyclic) bond motifs is 3. The van der Waals surface area contributed by atoms with Crippen LogP contribution in [0.1, 0.15) is 29.8 Å². The number of benzene rings is 3. The largest absolute Gasteiger partial charge is 0.394 e. The molecule has 3 aromatic carbocycles. The minimum atomic E-state index is -0.437. The molecule has 0 saturated carbocycles. The molecule has 1 aliphatic rings. The highest BCUT2D eigenvalue weighted by Gasteiger charge is 2.31. The lowest BCUT2D eigenvalue weighted by atomic mass is 9.94. The normalized spacial score (nSPS) is 18.6. The van der Waals surface area contributed by atoms with Gasteiger partial charge in [-0.15, -0.1) is 0 Å². The molecule has 200 valence electrons. The number of aliphatic hydroxyl groups excluding tert-OH is 1. The van der Waals surface area contributed by atoms with Crippen LogP contribution in [0.15, 0.2) is 72.8 Å². The molecule has 0 bridgehead atoms. The molecule has 3 aromatic rings. The number of urea groups is 1. The summed E-state index contributed by atoms with van der Waals surface area (Å²) in [5.41, 5.74) is 3.57. The fourth-order valence-corrected chi connectivity index (χ4v) is 4.69. The Kier molecular flexibility index (Phi) is 8.76. The third kappa shape index (κ3) is 6.20. The van der Waals surface area contributed by atoms with Crippen LogP contribution in [0.3, 0.4) is 0 Å². The summed E-state index contributed by atoms with van der Waals surface area (Å²) in [4.78, 5) is 29.9. The fraction of sp³-hybridized carbons (Fsp3) is 0.333. The maximum atomic E-state index is 13.9. The van der Waals surface area contributed by atoms with Gasteiger partial charge < -0.3 is 25.0 Å². The molecule has 0 unspecified atom stereocenters. The summed E-state index contributed by atoms with van der Waals surface area (Å²) in [5.74, 6) is -0.773. The lowest BCUT2D eigenvalue weighted by Crippen LogP contribution is -2.48. The first kappa shape index (κ1) is 27.3. The summed E-state index contributed by atoms with van der Waals surface area (Å²) < 4.78 is 20.0. The van der Waals surface area contributed by atoms with Crippen molar-refractivity contribution in [1.29, 1.82) is 0 Å². The maximum Gasteiger partial charge on any atom is 0.321 e. The third-order valence-corrected chi connectivity index (χ3v) is 6.97. The number of hydrogen-bond acceptors (Lipinski definition) is 4. The molecular weight excluding hydrogens is 485 g/mol. The van der Waals surface area contributed by atoms with Crippen LogP contribution < -0.4 is 5.32 Å².